The first-order valence-corrected chi connectivity index (χ1v) is 8.03. The number of rotatable bonds is 4. The molecule has 4 nitrogen and oxygen atoms in total. The van der Waals surface area contributed by atoms with Gasteiger partial charge >= 0.3 is 0 Å². The number of hydrogen-bond donors (Lipinski definition) is 1. The Morgan fingerprint density at radius 2 is 2.05 bits per heavy atom. The van der Waals surface area contributed by atoms with Crippen LogP contribution in [-0.2, 0) is 16.1 Å². The second kappa shape index (κ2) is 5.95. The Morgan fingerprint density at radius 1 is 1.35 bits per heavy atom. The van der Waals surface area contributed by atoms with Crippen LogP contribution >= 0.6 is 11.3 Å². The highest BCUT2D eigenvalue weighted by molar-refractivity contribution is 7.10. The average Bonchev–Trinajstić information content (AvgIpc) is 2.80. The SMILES string of the molecule is CCC1(CC)NC(=O)CCN(Cc2sccc2C)C1=O. The molecule has 2 rings (SSSR count). The van der Waals surface area contributed by atoms with E-state index in [-0.39, 0.29) is 11.8 Å². The van der Waals surface area contributed by atoms with Gasteiger partial charge in [0.15, 0.2) is 0 Å². The van der Waals surface area contributed by atoms with Gasteiger partial charge in [-0.2, -0.15) is 0 Å². The van der Waals surface area contributed by atoms with Crippen LogP contribution in [0.4, 0.5) is 0 Å². The number of carbonyl (C=O) groups excluding carboxylic acids is 2. The van der Waals surface area contributed by atoms with Crippen LogP contribution in [0.25, 0.3) is 0 Å². The normalized spacial score (nSPS) is 18.9. The summed E-state index contributed by atoms with van der Waals surface area (Å²) in [6.07, 6.45) is 1.65. The number of amides is 2. The van der Waals surface area contributed by atoms with Gasteiger partial charge in [-0.05, 0) is 36.8 Å². The minimum atomic E-state index is -0.723. The quantitative estimate of drug-likeness (QED) is 0.927. The predicted octanol–water partition coefficient (Wildman–Crippen LogP) is 2.46. The molecule has 1 N–H and O–H groups in total. The number of nitrogens with zero attached hydrogens (tertiary/aromatic N) is 1. The van der Waals surface area contributed by atoms with Gasteiger partial charge in [-0.3, -0.25) is 9.59 Å². The van der Waals surface area contributed by atoms with Crippen LogP contribution in [0.1, 0.15) is 43.6 Å². The van der Waals surface area contributed by atoms with E-state index in [4.69, 9.17) is 0 Å². The third-order valence-electron chi connectivity index (χ3n) is 4.19. The molecule has 0 saturated carbocycles. The highest BCUT2D eigenvalue weighted by atomic mass is 32.1. The van der Waals surface area contributed by atoms with Crippen LogP contribution in [-0.4, -0.2) is 28.8 Å². The molecule has 0 bridgehead atoms. The number of nitrogens with one attached hydrogen (secondary N) is 1. The molecular weight excluding hydrogens is 272 g/mol. The Balaban J connectivity index is 2.26. The highest BCUT2D eigenvalue weighted by Crippen LogP contribution is 2.25. The molecule has 0 radical (unpaired) electrons. The van der Waals surface area contributed by atoms with E-state index < -0.39 is 5.54 Å². The van der Waals surface area contributed by atoms with Crippen molar-refractivity contribution in [3.8, 4) is 0 Å². The van der Waals surface area contributed by atoms with Gasteiger partial charge in [0.25, 0.3) is 0 Å². The molecule has 0 atom stereocenters. The fraction of sp³-hybridized carbons (Fsp3) is 0.600. The van der Waals surface area contributed by atoms with E-state index in [1.807, 2.05) is 24.1 Å². The summed E-state index contributed by atoms with van der Waals surface area (Å²) in [6.45, 7) is 7.09. The summed E-state index contributed by atoms with van der Waals surface area (Å²) in [4.78, 5) is 27.8. The summed E-state index contributed by atoms with van der Waals surface area (Å²) in [5, 5.41) is 4.98. The van der Waals surface area contributed by atoms with E-state index >= 15 is 0 Å². The minimum Gasteiger partial charge on any atom is -0.342 e. The van der Waals surface area contributed by atoms with Crippen molar-refractivity contribution in [3.63, 3.8) is 0 Å². The molecule has 0 spiro atoms. The zero-order valence-electron chi connectivity index (χ0n) is 12.4. The van der Waals surface area contributed by atoms with Gasteiger partial charge in [0.1, 0.15) is 5.54 Å². The Hall–Kier alpha value is -1.36. The lowest BCUT2D eigenvalue weighted by Gasteiger charge is -2.33. The molecule has 5 heteroatoms. The minimum absolute atomic E-state index is 0.0209. The van der Waals surface area contributed by atoms with Gasteiger partial charge in [0.2, 0.25) is 11.8 Å². The maximum atomic E-state index is 12.8. The smallest absolute Gasteiger partial charge is 0.248 e. The molecule has 0 aromatic carbocycles. The largest absolute Gasteiger partial charge is 0.342 e. The lowest BCUT2D eigenvalue weighted by molar-refractivity contribution is -0.139. The zero-order valence-corrected chi connectivity index (χ0v) is 13.2. The number of thiophene rings is 1. The molecule has 1 fully saturated rings. The topological polar surface area (TPSA) is 49.4 Å². The Kier molecular flexibility index (Phi) is 4.48. The van der Waals surface area contributed by atoms with Crippen LogP contribution in [0.3, 0.4) is 0 Å². The summed E-state index contributed by atoms with van der Waals surface area (Å²) in [6, 6.07) is 2.07. The standard InChI is InChI=1S/C15H22N2O2S/c1-4-15(5-2)14(19)17(8-6-13(18)16-15)10-12-11(3)7-9-20-12/h7,9H,4-6,8,10H2,1-3H3,(H,16,18). The van der Waals surface area contributed by atoms with Gasteiger partial charge in [0, 0.05) is 17.8 Å². The second-order valence-electron chi connectivity index (χ2n) is 5.34. The zero-order chi connectivity index (χ0) is 14.8. The molecule has 1 aliphatic rings. The summed E-state index contributed by atoms with van der Waals surface area (Å²) >= 11 is 1.67. The third kappa shape index (κ3) is 2.73. The molecule has 1 aromatic heterocycles. The van der Waals surface area contributed by atoms with Gasteiger partial charge in [-0.15, -0.1) is 11.3 Å². The fourth-order valence-electron chi connectivity index (χ4n) is 2.64. The van der Waals surface area contributed by atoms with Crippen LogP contribution < -0.4 is 5.32 Å². The monoisotopic (exact) mass is 294 g/mol. The van der Waals surface area contributed by atoms with Crippen molar-refractivity contribution in [2.24, 2.45) is 0 Å². The predicted molar refractivity (Wildman–Crippen MR) is 80.5 cm³/mol. The number of aryl methyl sites for hydroxylation is 1. The van der Waals surface area contributed by atoms with Crippen LogP contribution in [0.15, 0.2) is 11.4 Å². The maximum absolute atomic E-state index is 12.8. The van der Waals surface area contributed by atoms with Crippen molar-refractivity contribution < 1.29 is 9.59 Å². The van der Waals surface area contributed by atoms with Gasteiger partial charge in [-0.25, -0.2) is 0 Å². The summed E-state index contributed by atoms with van der Waals surface area (Å²) in [5.74, 6) is 0.0357. The van der Waals surface area contributed by atoms with Crippen molar-refractivity contribution in [3.05, 3.63) is 21.9 Å². The van der Waals surface area contributed by atoms with E-state index in [1.165, 1.54) is 10.4 Å². The first-order valence-electron chi connectivity index (χ1n) is 7.15. The van der Waals surface area contributed by atoms with Crippen LogP contribution in [0, 0.1) is 6.92 Å². The number of hydrogen-bond acceptors (Lipinski definition) is 3. The first kappa shape index (κ1) is 15.0. The number of carbonyl (C=O) groups is 2. The van der Waals surface area contributed by atoms with Crippen LogP contribution in [0.5, 0.6) is 0 Å². The van der Waals surface area contributed by atoms with E-state index in [2.05, 4.69) is 18.3 Å². The Morgan fingerprint density at radius 3 is 2.60 bits per heavy atom. The lowest BCUT2D eigenvalue weighted by atomic mass is 9.91. The molecule has 0 unspecified atom stereocenters. The van der Waals surface area contributed by atoms with E-state index in [0.717, 1.165) is 0 Å². The van der Waals surface area contributed by atoms with E-state index in [9.17, 15) is 9.59 Å². The maximum Gasteiger partial charge on any atom is 0.248 e. The van der Waals surface area contributed by atoms with E-state index in [1.54, 1.807) is 11.3 Å². The second-order valence-corrected chi connectivity index (χ2v) is 6.34. The molecule has 2 heterocycles. The van der Waals surface area contributed by atoms with Crippen molar-refractivity contribution >= 4 is 23.2 Å². The average molecular weight is 294 g/mol. The van der Waals surface area contributed by atoms with Gasteiger partial charge in [0.05, 0.1) is 6.54 Å². The van der Waals surface area contributed by atoms with Crippen molar-refractivity contribution in [2.45, 2.75) is 52.1 Å². The highest BCUT2D eigenvalue weighted by Gasteiger charge is 2.41. The fourth-order valence-corrected chi connectivity index (χ4v) is 3.56. The Labute approximate surface area is 124 Å². The van der Waals surface area contributed by atoms with Crippen LogP contribution in [0.2, 0.25) is 0 Å². The van der Waals surface area contributed by atoms with Gasteiger partial charge in [-0.1, -0.05) is 13.8 Å². The van der Waals surface area contributed by atoms with Gasteiger partial charge < -0.3 is 10.2 Å². The first-order chi connectivity index (χ1) is 9.52. The molecule has 1 aromatic rings. The van der Waals surface area contributed by atoms with Crippen molar-refractivity contribution in [1.29, 1.82) is 0 Å². The molecule has 1 aliphatic heterocycles. The molecule has 2 amide bonds. The summed E-state index contributed by atoms with van der Waals surface area (Å²) in [7, 11) is 0. The molecule has 110 valence electrons. The van der Waals surface area contributed by atoms with E-state index in [0.29, 0.717) is 32.4 Å². The molecule has 0 aliphatic carbocycles. The third-order valence-corrected chi connectivity index (χ3v) is 5.20. The summed E-state index contributed by atoms with van der Waals surface area (Å²) < 4.78 is 0. The lowest BCUT2D eigenvalue weighted by Crippen LogP contribution is -2.56. The molecule has 20 heavy (non-hydrogen) atoms. The van der Waals surface area contributed by atoms with Crippen molar-refractivity contribution in [2.75, 3.05) is 6.54 Å². The van der Waals surface area contributed by atoms with Crippen molar-refractivity contribution in [1.82, 2.24) is 10.2 Å². The molecule has 1 saturated heterocycles. The Bertz CT molecular complexity index is 506. The molecular formula is C15H22N2O2S. The summed E-state index contributed by atoms with van der Waals surface area (Å²) in [5.41, 5.74) is 0.489.